The Morgan fingerprint density at radius 2 is 1.38 bits per heavy atom. The molecule has 3 aromatic rings. The van der Waals surface area contributed by atoms with Gasteiger partial charge in [-0.1, -0.05) is 43.3 Å². The zero-order valence-corrected chi connectivity index (χ0v) is 17.1. The number of ether oxygens (including phenoxy) is 3. The highest BCUT2D eigenvalue weighted by Crippen LogP contribution is 2.24. The second kappa shape index (κ2) is 9.89. The molecule has 1 unspecified atom stereocenters. The number of benzene rings is 3. The summed E-state index contributed by atoms with van der Waals surface area (Å²) in [5.41, 5.74) is 3.75. The minimum absolute atomic E-state index is 0.0634. The molecule has 0 saturated heterocycles. The number of hydrogen-bond acceptors (Lipinski definition) is 4. The molecule has 0 heterocycles. The molecule has 0 radical (unpaired) electrons. The minimum Gasteiger partial charge on any atom is -0.494 e. The summed E-state index contributed by atoms with van der Waals surface area (Å²) in [4.78, 5) is 12.4. The average molecular weight is 390 g/mol. The monoisotopic (exact) mass is 390 g/mol. The summed E-state index contributed by atoms with van der Waals surface area (Å²) in [7, 11) is 1.70. The van der Waals surface area contributed by atoms with Crippen molar-refractivity contribution < 1.29 is 19.0 Å². The number of esters is 1. The predicted molar refractivity (Wildman–Crippen MR) is 114 cm³/mol. The van der Waals surface area contributed by atoms with Crippen molar-refractivity contribution in [2.45, 2.75) is 26.4 Å². The molecule has 0 aliphatic carbocycles. The molecule has 0 saturated carbocycles. The zero-order chi connectivity index (χ0) is 20.6. The fourth-order valence-electron chi connectivity index (χ4n) is 2.87. The van der Waals surface area contributed by atoms with Crippen molar-refractivity contribution in [3.63, 3.8) is 0 Å². The molecule has 29 heavy (non-hydrogen) atoms. The number of rotatable bonds is 8. The standard InChI is InChI=1S/C25H26O4/c1-4-17-28-23-13-15-24(16-14-23)29-25(26)22-11-9-21(10-12-22)20-7-5-19(6-8-20)18(2)27-3/h5-16,18H,4,17H2,1-3H3. The fraction of sp³-hybridized carbons (Fsp3) is 0.240. The van der Waals surface area contributed by atoms with Crippen LogP contribution in [0, 0.1) is 0 Å². The Morgan fingerprint density at radius 3 is 1.93 bits per heavy atom. The van der Waals surface area contributed by atoms with E-state index >= 15 is 0 Å². The summed E-state index contributed by atoms with van der Waals surface area (Å²) in [5, 5.41) is 0. The lowest BCUT2D eigenvalue weighted by atomic mass is 10.0. The highest BCUT2D eigenvalue weighted by Gasteiger charge is 2.10. The molecule has 0 aromatic heterocycles. The van der Waals surface area contributed by atoms with E-state index in [1.807, 2.05) is 19.1 Å². The highest BCUT2D eigenvalue weighted by atomic mass is 16.5. The van der Waals surface area contributed by atoms with E-state index in [9.17, 15) is 4.79 Å². The van der Waals surface area contributed by atoms with Crippen molar-refractivity contribution >= 4 is 5.97 Å². The normalized spacial score (nSPS) is 11.7. The van der Waals surface area contributed by atoms with Crippen LogP contribution in [0.5, 0.6) is 11.5 Å². The molecule has 4 heteroatoms. The van der Waals surface area contributed by atoms with Crippen LogP contribution in [0.3, 0.4) is 0 Å². The van der Waals surface area contributed by atoms with Gasteiger partial charge in [-0.2, -0.15) is 0 Å². The van der Waals surface area contributed by atoms with Gasteiger partial charge in [-0.25, -0.2) is 4.79 Å². The highest BCUT2D eigenvalue weighted by molar-refractivity contribution is 5.91. The van der Waals surface area contributed by atoms with E-state index in [-0.39, 0.29) is 12.1 Å². The summed E-state index contributed by atoms with van der Waals surface area (Å²) in [5.74, 6) is 0.871. The molecule has 3 aromatic carbocycles. The molecule has 0 fully saturated rings. The van der Waals surface area contributed by atoms with Crippen LogP contribution in [-0.4, -0.2) is 19.7 Å². The van der Waals surface area contributed by atoms with Gasteiger partial charge in [-0.05, 0) is 66.4 Å². The molecule has 0 bridgehead atoms. The van der Waals surface area contributed by atoms with Gasteiger partial charge in [0.05, 0.1) is 18.3 Å². The van der Waals surface area contributed by atoms with Gasteiger partial charge in [0.15, 0.2) is 0 Å². The molecular formula is C25H26O4. The Hall–Kier alpha value is -3.11. The summed E-state index contributed by atoms with van der Waals surface area (Å²) < 4.78 is 16.3. The van der Waals surface area contributed by atoms with Gasteiger partial charge in [0.2, 0.25) is 0 Å². The van der Waals surface area contributed by atoms with E-state index in [1.165, 1.54) is 0 Å². The lowest BCUT2D eigenvalue weighted by molar-refractivity contribution is 0.0734. The summed E-state index contributed by atoms with van der Waals surface area (Å²) >= 11 is 0. The Morgan fingerprint density at radius 1 is 0.828 bits per heavy atom. The third-order valence-electron chi connectivity index (χ3n) is 4.69. The van der Waals surface area contributed by atoms with Crippen LogP contribution >= 0.6 is 0 Å². The van der Waals surface area contributed by atoms with Gasteiger partial charge in [-0.15, -0.1) is 0 Å². The molecule has 3 rings (SSSR count). The van der Waals surface area contributed by atoms with Gasteiger partial charge in [-0.3, -0.25) is 0 Å². The summed E-state index contributed by atoms with van der Waals surface area (Å²) in [6.45, 7) is 4.74. The maximum atomic E-state index is 12.4. The van der Waals surface area contributed by atoms with Gasteiger partial charge in [0.1, 0.15) is 11.5 Å². The lowest BCUT2D eigenvalue weighted by Crippen LogP contribution is -2.08. The topological polar surface area (TPSA) is 44.8 Å². The van der Waals surface area contributed by atoms with Crippen molar-refractivity contribution in [3.8, 4) is 22.6 Å². The third kappa shape index (κ3) is 5.46. The molecule has 150 valence electrons. The van der Waals surface area contributed by atoms with E-state index in [4.69, 9.17) is 14.2 Å². The first-order valence-corrected chi connectivity index (χ1v) is 9.79. The molecule has 0 aliphatic heterocycles. The van der Waals surface area contributed by atoms with Crippen molar-refractivity contribution in [1.82, 2.24) is 0 Å². The largest absolute Gasteiger partial charge is 0.494 e. The Labute approximate surface area is 172 Å². The number of methoxy groups -OCH3 is 1. The SMILES string of the molecule is CCCOc1ccc(OC(=O)c2ccc(-c3ccc(C(C)OC)cc3)cc2)cc1. The van der Waals surface area contributed by atoms with Crippen LogP contribution < -0.4 is 9.47 Å². The second-order valence-electron chi connectivity index (χ2n) is 6.79. The van der Waals surface area contributed by atoms with Crippen LogP contribution in [0.15, 0.2) is 72.8 Å². The number of hydrogen-bond donors (Lipinski definition) is 0. The first-order chi connectivity index (χ1) is 14.1. The van der Waals surface area contributed by atoms with Gasteiger partial charge < -0.3 is 14.2 Å². The quantitative estimate of drug-likeness (QED) is 0.346. The summed E-state index contributed by atoms with van der Waals surface area (Å²) in [6, 6.07) is 22.7. The Balaban J connectivity index is 1.64. The first-order valence-electron chi connectivity index (χ1n) is 9.79. The molecule has 1 atom stereocenters. The molecule has 0 spiro atoms. The van der Waals surface area contributed by atoms with Gasteiger partial charge >= 0.3 is 5.97 Å². The van der Waals surface area contributed by atoms with Crippen molar-refractivity contribution in [3.05, 3.63) is 83.9 Å². The Bertz CT molecular complexity index is 913. The van der Waals surface area contributed by atoms with Gasteiger partial charge in [0.25, 0.3) is 0 Å². The second-order valence-corrected chi connectivity index (χ2v) is 6.79. The molecule has 0 aliphatic rings. The number of carbonyl (C=O) groups is 1. The van der Waals surface area contributed by atoms with Crippen LogP contribution in [0.2, 0.25) is 0 Å². The first kappa shape index (κ1) is 20.6. The van der Waals surface area contributed by atoms with E-state index in [0.717, 1.165) is 28.9 Å². The Kier molecular flexibility index (Phi) is 7.04. The average Bonchev–Trinajstić information content (AvgIpc) is 2.78. The van der Waals surface area contributed by atoms with E-state index in [1.54, 1.807) is 43.5 Å². The predicted octanol–water partition coefficient (Wildman–Crippen LogP) is 6.07. The number of carbonyl (C=O) groups excluding carboxylic acids is 1. The van der Waals surface area contributed by atoms with Crippen molar-refractivity contribution in [2.75, 3.05) is 13.7 Å². The fourth-order valence-corrected chi connectivity index (χ4v) is 2.87. The lowest BCUT2D eigenvalue weighted by Gasteiger charge is -2.11. The maximum Gasteiger partial charge on any atom is 0.343 e. The van der Waals surface area contributed by atoms with Crippen LogP contribution in [0.25, 0.3) is 11.1 Å². The molecule has 4 nitrogen and oxygen atoms in total. The van der Waals surface area contributed by atoms with Crippen LogP contribution in [0.4, 0.5) is 0 Å². The molecule has 0 amide bonds. The van der Waals surface area contributed by atoms with Crippen molar-refractivity contribution in [1.29, 1.82) is 0 Å². The van der Waals surface area contributed by atoms with Crippen LogP contribution in [-0.2, 0) is 4.74 Å². The molecule has 0 N–H and O–H groups in total. The minimum atomic E-state index is -0.386. The maximum absolute atomic E-state index is 12.4. The van der Waals surface area contributed by atoms with E-state index in [0.29, 0.717) is 17.9 Å². The van der Waals surface area contributed by atoms with Crippen molar-refractivity contribution in [2.24, 2.45) is 0 Å². The molecular weight excluding hydrogens is 364 g/mol. The van der Waals surface area contributed by atoms with E-state index < -0.39 is 0 Å². The van der Waals surface area contributed by atoms with Crippen LogP contribution in [0.1, 0.15) is 42.3 Å². The van der Waals surface area contributed by atoms with Gasteiger partial charge in [0, 0.05) is 7.11 Å². The van der Waals surface area contributed by atoms with E-state index in [2.05, 4.69) is 31.2 Å². The summed E-state index contributed by atoms with van der Waals surface area (Å²) in [6.07, 6.45) is 1.01. The third-order valence-corrected chi connectivity index (χ3v) is 4.69. The smallest absolute Gasteiger partial charge is 0.343 e. The zero-order valence-electron chi connectivity index (χ0n) is 17.1.